The molecule has 5 nitrogen and oxygen atoms in total. The molecule has 0 saturated carbocycles. The van der Waals surface area contributed by atoms with Crippen LogP contribution in [0.5, 0.6) is 5.19 Å². The molecule has 0 radical (unpaired) electrons. The number of methoxy groups -OCH3 is 1. The molecular weight excluding hydrogens is 285 g/mol. The summed E-state index contributed by atoms with van der Waals surface area (Å²) in [7, 11) is 1.67. The summed E-state index contributed by atoms with van der Waals surface area (Å²) in [6, 6.07) is 0.546. The third kappa shape index (κ3) is 4.67. The van der Waals surface area contributed by atoms with E-state index in [1.54, 1.807) is 18.4 Å². The number of alkyl halides is 3. The lowest BCUT2D eigenvalue weighted by Gasteiger charge is -2.17. The van der Waals surface area contributed by atoms with Gasteiger partial charge in [0.1, 0.15) is 0 Å². The number of rotatable bonds is 1. The molecule has 0 saturated heterocycles. The highest BCUT2D eigenvalue weighted by molar-refractivity contribution is 7.13. The number of thiazole rings is 1. The summed E-state index contributed by atoms with van der Waals surface area (Å²) in [5, 5.41) is 11.3. The molecule has 2 N–H and O–H groups in total. The van der Waals surface area contributed by atoms with Crippen LogP contribution in [-0.4, -0.2) is 35.4 Å². The highest BCUT2D eigenvalue weighted by Gasteiger charge is 2.38. The minimum Gasteiger partial charge on any atom is -0.475 e. The summed E-state index contributed by atoms with van der Waals surface area (Å²) in [6.07, 6.45) is -4.06. The minimum absolute atomic E-state index is 0.546. The topological polar surface area (TPSA) is 71.5 Å². The number of nitrogens with zero attached hydrogens (tertiary/aromatic N) is 1. The Hall–Kier alpha value is -1.35. The Morgan fingerprint density at radius 3 is 2.63 bits per heavy atom. The monoisotopic (exact) mass is 298 g/mol. The molecule has 2 heterocycles. The molecule has 1 atom stereocenters. The maximum atomic E-state index is 10.6. The van der Waals surface area contributed by atoms with Crippen LogP contribution in [0.1, 0.15) is 17.5 Å². The van der Waals surface area contributed by atoms with Crippen LogP contribution in [0.3, 0.4) is 0 Å². The van der Waals surface area contributed by atoms with Crippen molar-refractivity contribution in [1.29, 1.82) is 0 Å². The summed E-state index contributed by atoms with van der Waals surface area (Å²) < 4.78 is 36.8. The minimum atomic E-state index is -5.08. The number of aliphatic carboxylic acids is 1. The number of aromatic nitrogens is 1. The first-order chi connectivity index (χ1) is 8.74. The molecule has 0 fully saturated rings. The number of carboxylic acids is 1. The summed E-state index contributed by atoms with van der Waals surface area (Å²) in [6.45, 7) is 3.12. The first-order valence-corrected chi connectivity index (χ1v) is 6.11. The molecule has 2 rings (SSSR count). The molecule has 108 valence electrons. The number of nitrogens with one attached hydrogen (secondary N) is 1. The normalized spacial score (nSPS) is 18.1. The van der Waals surface area contributed by atoms with E-state index in [1.807, 2.05) is 0 Å². The van der Waals surface area contributed by atoms with E-state index >= 15 is 0 Å². The smallest absolute Gasteiger partial charge is 0.475 e. The van der Waals surface area contributed by atoms with E-state index in [1.165, 1.54) is 10.6 Å². The van der Waals surface area contributed by atoms with Crippen molar-refractivity contribution in [3.63, 3.8) is 0 Å². The Bertz CT molecular complexity index is 448. The zero-order valence-corrected chi connectivity index (χ0v) is 11.1. The van der Waals surface area contributed by atoms with Gasteiger partial charge in [-0.05, 0) is 6.92 Å². The van der Waals surface area contributed by atoms with Gasteiger partial charge in [0.05, 0.1) is 12.8 Å². The fraction of sp³-hybridized carbons (Fsp3) is 0.600. The molecule has 0 aliphatic carbocycles. The molecule has 0 spiro atoms. The summed E-state index contributed by atoms with van der Waals surface area (Å²) in [5.41, 5.74) is 1.21. The molecule has 0 aromatic carbocycles. The third-order valence-electron chi connectivity index (χ3n) is 2.29. The van der Waals surface area contributed by atoms with Crippen molar-refractivity contribution in [3.05, 3.63) is 10.6 Å². The summed E-state index contributed by atoms with van der Waals surface area (Å²) >= 11 is 1.64. The van der Waals surface area contributed by atoms with Crippen molar-refractivity contribution in [1.82, 2.24) is 10.3 Å². The molecule has 0 unspecified atom stereocenters. The fourth-order valence-corrected chi connectivity index (χ4v) is 2.23. The molecule has 1 aliphatic rings. The van der Waals surface area contributed by atoms with Crippen molar-refractivity contribution in [3.8, 4) is 5.19 Å². The maximum absolute atomic E-state index is 10.6. The van der Waals surface area contributed by atoms with Crippen molar-refractivity contribution in [2.45, 2.75) is 32.1 Å². The predicted octanol–water partition coefficient (Wildman–Crippen LogP) is 1.82. The Morgan fingerprint density at radius 2 is 2.16 bits per heavy atom. The van der Waals surface area contributed by atoms with Gasteiger partial charge in [-0.1, -0.05) is 11.3 Å². The van der Waals surface area contributed by atoms with Crippen molar-refractivity contribution in [2.75, 3.05) is 7.11 Å². The quantitative estimate of drug-likeness (QED) is 0.827. The number of carbonyl (C=O) groups is 1. The van der Waals surface area contributed by atoms with E-state index < -0.39 is 12.1 Å². The van der Waals surface area contributed by atoms with E-state index in [9.17, 15) is 13.2 Å². The zero-order valence-electron chi connectivity index (χ0n) is 10.2. The highest BCUT2D eigenvalue weighted by atomic mass is 32.1. The largest absolute Gasteiger partial charge is 0.490 e. The first-order valence-electron chi connectivity index (χ1n) is 5.30. The van der Waals surface area contributed by atoms with Crippen LogP contribution in [0.25, 0.3) is 0 Å². The second kappa shape index (κ2) is 6.20. The van der Waals surface area contributed by atoms with Crippen LogP contribution < -0.4 is 10.1 Å². The average Bonchev–Trinajstić information content (AvgIpc) is 2.70. The molecule has 19 heavy (non-hydrogen) atoms. The van der Waals surface area contributed by atoms with E-state index in [2.05, 4.69) is 17.2 Å². The van der Waals surface area contributed by atoms with Crippen molar-refractivity contribution >= 4 is 17.3 Å². The number of hydrogen-bond acceptors (Lipinski definition) is 5. The second-order valence-corrected chi connectivity index (χ2v) is 4.89. The SMILES string of the molecule is COc1nc2c(s1)CN[C@H](C)C2.O=C(O)C(F)(F)F. The Kier molecular flexibility index (Phi) is 5.12. The van der Waals surface area contributed by atoms with Gasteiger partial charge in [0.15, 0.2) is 0 Å². The first kappa shape index (κ1) is 15.7. The third-order valence-corrected chi connectivity index (χ3v) is 3.35. The predicted molar refractivity (Wildman–Crippen MR) is 62.4 cm³/mol. The van der Waals surface area contributed by atoms with Gasteiger partial charge in [-0.25, -0.2) is 9.78 Å². The Labute approximate surface area is 111 Å². The Morgan fingerprint density at radius 1 is 1.58 bits per heavy atom. The van der Waals surface area contributed by atoms with Crippen LogP contribution in [-0.2, 0) is 17.8 Å². The number of carboxylic acid groups (broad SMARTS) is 1. The fourth-order valence-electron chi connectivity index (χ4n) is 1.37. The Balaban J connectivity index is 0.000000224. The van der Waals surface area contributed by atoms with Gasteiger partial charge < -0.3 is 15.2 Å². The molecule has 1 aromatic rings. The number of halogens is 3. The van der Waals surface area contributed by atoms with Gasteiger partial charge >= 0.3 is 12.1 Å². The molecular formula is C10H13F3N2O3S. The van der Waals surface area contributed by atoms with Crippen LogP contribution in [0, 0.1) is 0 Å². The summed E-state index contributed by atoms with van der Waals surface area (Å²) in [5.74, 6) is -2.76. The molecule has 0 amide bonds. The van der Waals surface area contributed by atoms with Crippen molar-refractivity contribution in [2.24, 2.45) is 0 Å². The van der Waals surface area contributed by atoms with Crippen LogP contribution >= 0.6 is 11.3 Å². The highest BCUT2D eigenvalue weighted by Crippen LogP contribution is 2.27. The van der Waals surface area contributed by atoms with Crippen LogP contribution in [0.4, 0.5) is 13.2 Å². The van der Waals surface area contributed by atoms with Gasteiger partial charge in [-0.2, -0.15) is 13.2 Å². The van der Waals surface area contributed by atoms with Gasteiger partial charge in [0.25, 0.3) is 5.19 Å². The lowest BCUT2D eigenvalue weighted by atomic mass is 10.1. The zero-order chi connectivity index (χ0) is 14.6. The standard InChI is InChI=1S/C8H12N2OS.C2HF3O2/c1-5-3-6-7(4-9-5)12-8(10-6)11-2;3-2(4,5)1(6)7/h5,9H,3-4H2,1-2H3;(H,6,7)/t5-;/m1./s1. The molecule has 1 aromatic heterocycles. The molecule has 1 aliphatic heterocycles. The van der Waals surface area contributed by atoms with Gasteiger partial charge in [0, 0.05) is 23.9 Å². The van der Waals surface area contributed by atoms with Gasteiger partial charge in [-0.15, -0.1) is 0 Å². The van der Waals surface area contributed by atoms with Crippen LogP contribution in [0.2, 0.25) is 0 Å². The van der Waals surface area contributed by atoms with E-state index in [4.69, 9.17) is 14.6 Å². The lowest BCUT2D eigenvalue weighted by molar-refractivity contribution is -0.192. The number of hydrogen-bond donors (Lipinski definition) is 2. The molecule has 0 bridgehead atoms. The van der Waals surface area contributed by atoms with E-state index in [0.29, 0.717) is 6.04 Å². The lowest BCUT2D eigenvalue weighted by Crippen LogP contribution is -2.32. The number of ether oxygens (including phenoxy) is 1. The van der Waals surface area contributed by atoms with Crippen LogP contribution in [0.15, 0.2) is 0 Å². The maximum Gasteiger partial charge on any atom is 0.490 e. The second-order valence-electron chi connectivity index (χ2n) is 3.84. The van der Waals surface area contributed by atoms with E-state index in [-0.39, 0.29) is 0 Å². The van der Waals surface area contributed by atoms with Crippen molar-refractivity contribution < 1.29 is 27.8 Å². The van der Waals surface area contributed by atoms with E-state index in [0.717, 1.165) is 18.2 Å². The average molecular weight is 298 g/mol. The van der Waals surface area contributed by atoms with Gasteiger partial charge in [0.2, 0.25) is 0 Å². The number of fused-ring (bicyclic) bond motifs is 1. The molecule has 9 heteroatoms. The summed E-state index contributed by atoms with van der Waals surface area (Å²) in [4.78, 5) is 14.6. The van der Waals surface area contributed by atoms with Gasteiger partial charge in [-0.3, -0.25) is 0 Å².